The smallest absolute Gasteiger partial charge is 0.410 e. The first kappa shape index (κ1) is 19.1. The summed E-state index contributed by atoms with van der Waals surface area (Å²) in [5, 5.41) is 0. The molecule has 1 saturated heterocycles. The van der Waals surface area contributed by atoms with Crippen molar-refractivity contribution < 1.29 is 19.0 Å². The van der Waals surface area contributed by atoms with E-state index in [4.69, 9.17) is 14.2 Å². The average Bonchev–Trinajstić information content (AvgIpc) is 3.00. The second-order valence-corrected chi connectivity index (χ2v) is 6.06. The van der Waals surface area contributed by atoms with Crippen molar-refractivity contribution in [2.75, 3.05) is 26.9 Å². The van der Waals surface area contributed by atoms with Crippen LogP contribution in [-0.2, 0) is 16.1 Å². The molecular weight excluding hydrogens is 318 g/mol. The summed E-state index contributed by atoms with van der Waals surface area (Å²) in [6.07, 6.45) is 4.95. The predicted octanol–water partition coefficient (Wildman–Crippen LogP) is 3.80. The van der Waals surface area contributed by atoms with E-state index < -0.39 is 0 Å². The zero-order valence-electron chi connectivity index (χ0n) is 14.9. The first-order chi connectivity index (χ1) is 12.2. The Balaban J connectivity index is 1.91. The van der Waals surface area contributed by atoms with Crippen LogP contribution in [0.5, 0.6) is 5.75 Å². The van der Waals surface area contributed by atoms with E-state index in [2.05, 4.69) is 13.2 Å². The lowest BCUT2D eigenvalue weighted by Gasteiger charge is -2.28. The Morgan fingerprint density at radius 2 is 2.08 bits per heavy atom. The molecule has 1 aromatic rings. The van der Waals surface area contributed by atoms with Gasteiger partial charge in [-0.15, -0.1) is 13.2 Å². The van der Waals surface area contributed by atoms with Crippen molar-refractivity contribution in [3.8, 4) is 5.75 Å². The molecule has 0 aliphatic carbocycles. The van der Waals surface area contributed by atoms with Gasteiger partial charge in [0.25, 0.3) is 0 Å². The van der Waals surface area contributed by atoms with Crippen LogP contribution < -0.4 is 4.74 Å². The van der Waals surface area contributed by atoms with Gasteiger partial charge in [-0.2, -0.15) is 0 Å². The molecule has 0 bridgehead atoms. The Kier molecular flexibility index (Phi) is 7.54. The van der Waals surface area contributed by atoms with Crippen molar-refractivity contribution in [3.05, 3.63) is 55.1 Å². The Morgan fingerprint density at radius 3 is 2.72 bits per heavy atom. The highest BCUT2D eigenvalue weighted by Gasteiger charge is 2.37. The van der Waals surface area contributed by atoms with Crippen LogP contribution in [-0.4, -0.2) is 43.9 Å². The molecule has 136 valence electrons. The number of amides is 1. The minimum atomic E-state index is -0.254. The molecule has 2 rings (SSSR count). The van der Waals surface area contributed by atoms with Crippen molar-refractivity contribution >= 4 is 6.09 Å². The standard InChI is InChI=1S/C20H27NO4/c1-4-6-12-21-19(15-25-20(21)22)17(7-5-2)14-24-13-16-8-10-18(23-3)11-9-16/h4-5,8-11,17,19H,1-2,6-7,12-15H2,3H3/t17-,19+/m0/s1. The fraction of sp³-hybridized carbons (Fsp3) is 0.450. The van der Waals surface area contributed by atoms with E-state index in [0.29, 0.717) is 26.4 Å². The summed E-state index contributed by atoms with van der Waals surface area (Å²) in [5.41, 5.74) is 1.08. The summed E-state index contributed by atoms with van der Waals surface area (Å²) in [5.74, 6) is 0.986. The van der Waals surface area contributed by atoms with Crippen molar-refractivity contribution in [2.24, 2.45) is 5.92 Å². The topological polar surface area (TPSA) is 48.0 Å². The quantitative estimate of drug-likeness (QED) is 0.572. The normalized spacial score (nSPS) is 17.9. The van der Waals surface area contributed by atoms with Gasteiger partial charge >= 0.3 is 6.09 Å². The molecule has 1 aromatic carbocycles. The fourth-order valence-corrected chi connectivity index (χ4v) is 2.94. The van der Waals surface area contributed by atoms with Crippen molar-refractivity contribution in [3.63, 3.8) is 0 Å². The number of nitrogens with zero attached hydrogens (tertiary/aromatic N) is 1. The van der Waals surface area contributed by atoms with Gasteiger partial charge in [0.2, 0.25) is 0 Å². The lowest BCUT2D eigenvalue weighted by atomic mass is 9.96. The van der Waals surface area contributed by atoms with Crippen molar-refractivity contribution in [2.45, 2.75) is 25.5 Å². The second kappa shape index (κ2) is 9.89. The molecule has 1 fully saturated rings. The van der Waals surface area contributed by atoms with E-state index in [-0.39, 0.29) is 18.1 Å². The van der Waals surface area contributed by atoms with Gasteiger partial charge in [-0.25, -0.2) is 4.79 Å². The van der Waals surface area contributed by atoms with E-state index in [9.17, 15) is 4.79 Å². The monoisotopic (exact) mass is 345 g/mol. The third-order valence-corrected chi connectivity index (χ3v) is 4.36. The Hall–Kier alpha value is -2.27. The van der Waals surface area contributed by atoms with Crippen LogP contribution in [0, 0.1) is 5.92 Å². The van der Waals surface area contributed by atoms with E-state index in [1.54, 1.807) is 12.0 Å². The number of allylic oxidation sites excluding steroid dienone is 1. The summed E-state index contributed by atoms with van der Waals surface area (Å²) in [7, 11) is 1.65. The zero-order chi connectivity index (χ0) is 18.1. The van der Waals surface area contributed by atoms with Gasteiger partial charge in [0, 0.05) is 12.5 Å². The van der Waals surface area contributed by atoms with E-state index in [1.807, 2.05) is 36.4 Å². The predicted molar refractivity (Wildman–Crippen MR) is 97.6 cm³/mol. The van der Waals surface area contributed by atoms with Crippen molar-refractivity contribution in [1.29, 1.82) is 0 Å². The largest absolute Gasteiger partial charge is 0.497 e. The maximum absolute atomic E-state index is 11.9. The number of benzene rings is 1. The molecule has 0 spiro atoms. The average molecular weight is 345 g/mol. The molecule has 1 aliphatic heterocycles. The van der Waals surface area contributed by atoms with Gasteiger partial charge in [0.15, 0.2) is 0 Å². The van der Waals surface area contributed by atoms with Crippen LogP contribution >= 0.6 is 0 Å². The molecule has 1 amide bonds. The molecule has 1 heterocycles. The van der Waals surface area contributed by atoms with Gasteiger partial charge in [-0.05, 0) is 30.5 Å². The highest BCUT2D eigenvalue weighted by atomic mass is 16.6. The lowest BCUT2D eigenvalue weighted by Crippen LogP contribution is -2.41. The summed E-state index contributed by atoms with van der Waals surface area (Å²) < 4.78 is 16.3. The number of methoxy groups -OCH3 is 1. The molecule has 5 heteroatoms. The Bertz CT molecular complexity index is 570. The van der Waals surface area contributed by atoms with Crippen LogP contribution in [0.1, 0.15) is 18.4 Å². The van der Waals surface area contributed by atoms with Gasteiger partial charge < -0.3 is 19.1 Å². The molecule has 1 aliphatic rings. The lowest BCUT2D eigenvalue weighted by molar-refractivity contribution is 0.0597. The molecule has 5 nitrogen and oxygen atoms in total. The molecule has 0 saturated carbocycles. The van der Waals surface area contributed by atoms with Crippen LogP contribution in [0.3, 0.4) is 0 Å². The minimum absolute atomic E-state index is 0.0151. The molecule has 0 unspecified atom stereocenters. The number of ether oxygens (including phenoxy) is 3. The fourth-order valence-electron chi connectivity index (χ4n) is 2.94. The SMILES string of the molecule is C=CCCN1C(=O)OC[C@@H]1[C@@H](CC=C)COCc1ccc(OC)cc1. The van der Waals surface area contributed by atoms with Crippen LogP contribution in [0.4, 0.5) is 4.79 Å². The third kappa shape index (κ3) is 5.36. The van der Waals surface area contributed by atoms with Gasteiger partial charge in [0.1, 0.15) is 12.4 Å². The number of carbonyl (C=O) groups is 1. The zero-order valence-corrected chi connectivity index (χ0v) is 14.9. The number of carbonyl (C=O) groups excluding carboxylic acids is 1. The maximum Gasteiger partial charge on any atom is 0.410 e. The molecule has 0 N–H and O–H groups in total. The highest BCUT2D eigenvalue weighted by molar-refractivity contribution is 5.70. The highest BCUT2D eigenvalue weighted by Crippen LogP contribution is 2.24. The molecular formula is C20H27NO4. The minimum Gasteiger partial charge on any atom is -0.497 e. The van der Waals surface area contributed by atoms with E-state index in [1.165, 1.54) is 0 Å². The molecule has 25 heavy (non-hydrogen) atoms. The number of cyclic esters (lactones) is 1. The summed E-state index contributed by atoms with van der Waals surface area (Å²) in [6, 6.07) is 7.82. The van der Waals surface area contributed by atoms with Gasteiger partial charge in [-0.3, -0.25) is 0 Å². The van der Waals surface area contributed by atoms with E-state index in [0.717, 1.165) is 24.2 Å². The third-order valence-electron chi connectivity index (χ3n) is 4.36. The summed E-state index contributed by atoms with van der Waals surface area (Å²) >= 11 is 0. The van der Waals surface area contributed by atoms with Gasteiger partial charge in [0.05, 0.1) is 26.4 Å². The van der Waals surface area contributed by atoms with Crippen LogP contribution in [0.2, 0.25) is 0 Å². The van der Waals surface area contributed by atoms with Crippen LogP contribution in [0.15, 0.2) is 49.6 Å². The molecule has 0 radical (unpaired) electrons. The Labute approximate surface area is 149 Å². The first-order valence-corrected chi connectivity index (χ1v) is 8.55. The number of hydrogen-bond acceptors (Lipinski definition) is 4. The molecule has 0 aromatic heterocycles. The van der Waals surface area contributed by atoms with Gasteiger partial charge in [-0.1, -0.05) is 24.3 Å². The number of rotatable bonds is 11. The summed E-state index contributed by atoms with van der Waals surface area (Å²) in [4.78, 5) is 13.7. The van der Waals surface area contributed by atoms with E-state index >= 15 is 0 Å². The molecule has 2 atom stereocenters. The van der Waals surface area contributed by atoms with Crippen molar-refractivity contribution in [1.82, 2.24) is 4.90 Å². The summed E-state index contributed by atoms with van der Waals surface area (Å²) in [6.45, 7) is 9.65. The second-order valence-electron chi connectivity index (χ2n) is 6.06. The Morgan fingerprint density at radius 1 is 1.32 bits per heavy atom. The first-order valence-electron chi connectivity index (χ1n) is 8.55. The maximum atomic E-state index is 11.9. The van der Waals surface area contributed by atoms with Crippen LogP contribution in [0.25, 0.3) is 0 Å². The number of hydrogen-bond donors (Lipinski definition) is 0.